The molecule has 6 heteroatoms. The highest BCUT2D eigenvalue weighted by Crippen LogP contribution is 2.10. The fourth-order valence-electron chi connectivity index (χ4n) is 1.49. The molecule has 0 atom stereocenters. The number of hydrogen-bond donors (Lipinski definition) is 2. The van der Waals surface area contributed by atoms with E-state index >= 15 is 0 Å². The molecule has 2 aromatic rings. The van der Waals surface area contributed by atoms with Gasteiger partial charge in [0.05, 0.1) is 6.54 Å². The number of nitrogens with zero attached hydrogens (tertiary/aromatic N) is 3. The number of nitrogens with one attached hydrogen (secondary N) is 1. The number of aromatic hydroxyl groups is 1. The molecule has 0 radical (unpaired) electrons. The molecular formula is C13H14N4O2. The second kappa shape index (κ2) is 5.81. The Morgan fingerprint density at radius 2 is 2.16 bits per heavy atom. The highest BCUT2D eigenvalue weighted by molar-refractivity contribution is 5.91. The first kappa shape index (κ1) is 12.8. The number of benzene rings is 1. The summed E-state index contributed by atoms with van der Waals surface area (Å²) in [6.45, 7) is 0.374. The van der Waals surface area contributed by atoms with Gasteiger partial charge in [0.2, 0.25) is 5.91 Å². The van der Waals surface area contributed by atoms with Crippen molar-refractivity contribution in [3.8, 4) is 5.75 Å². The van der Waals surface area contributed by atoms with Crippen LogP contribution >= 0.6 is 0 Å². The van der Waals surface area contributed by atoms with Gasteiger partial charge in [-0.2, -0.15) is 5.10 Å². The predicted octanol–water partition coefficient (Wildman–Crippen LogP) is 1.18. The van der Waals surface area contributed by atoms with E-state index in [4.69, 9.17) is 5.11 Å². The minimum absolute atomic E-state index is 0.135. The molecule has 0 fully saturated rings. The van der Waals surface area contributed by atoms with Crippen LogP contribution in [-0.4, -0.2) is 38.1 Å². The van der Waals surface area contributed by atoms with Crippen molar-refractivity contribution in [2.45, 2.75) is 6.54 Å². The van der Waals surface area contributed by atoms with Crippen molar-refractivity contribution in [3.05, 3.63) is 48.1 Å². The maximum absolute atomic E-state index is 11.8. The zero-order chi connectivity index (χ0) is 13.7. The Kier molecular flexibility index (Phi) is 3.92. The molecule has 1 aromatic carbocycles. The van der Waals surface area contributed by atoms with Gasteiger partial charge in [-0.3, -0.25) is 9.89 Å². The van der Waals surface area contributed by atoms with E-state index in [1.807, 2.05) is 0 Å². The van der Waals surface area contributed by atoms with E-state index in [0.717, 1.165) is 5.56 Å². The predicted molar refractivity (Wildman–Crippen MR) is 70.0 cm³/mol. The van der Waals surface area contributed by atoms with E-state index in [2.05, 4.69) is 15.2 Å². The minimum atomic E-state index is -0.135. The average Bonchev–Trinajstić information content (AvgIpc) is 2.90. The lowest BCUT2D eigenvalue weighted by atomic mass is 10.2. The zero-order valence-corrected chi connectivity index (χ0v) is 10.4. The number of aromatic amines is 1. The summed E-state index contributed by atoms with van der Waals surface area (Å²) in [5, 5.41) is 15.6. The Morgan fingerprint density at radius 3 is 2.79 bits per heavy atom. The van der Waals surface area contributed by atoms with Crippen molar-refractivity contribution in [1.82, 2.24) is 20.1 Å². The molecule has 0 saturated heterocycles. The Morgan fingerprint density at radius 1 is 1.42 bits per heavy atom. The molecule has 6 nitrogen and oxygen atoms in total. The summed E-state index contributed by atoms with van der Waals surface area (Å²) in [7, 11) is 1.69. The van der Waals surface area contributed by atoms with Gasteiger partial charge >= 0.3 is 0 Å². The van der Waals surface area contributed by atoms with Gasteiger partial charge in [0, 0.05) is 13.1 Å². The lowest BCUT2D eigenvalue weighted by Gasteiger charge is -2.12. The monoisotopic (exact) mass is 258 g/mol. The smallest absolute Gasteiger partial charge is 0.246 e. The van der Waals surface area contributed by atoms with Crippen LogP contribution in [0.25, 0.3) is 6.08 Å². The van der Waals surface area contributed by atoms with E-state index in [1.54, 1.807) is 37.4 Å². The van der Waals surface area contributed by atoms with Gasteiger partial charge in [0.15, 0.2) is 0 Å². The third kappa shape index (κ3) is 3.67. The SMILES string of the molecule is CN(Cc1ncn[nH]1)C(=O)C=Cc1ccc(O)cc1. The first-order valence-electron chi connectivity index (χ1n) is 5.71. The summed E-state index contributed by atoms with van der Waals surface area (Å²) < 4.78 is 0. The number of amides is 1. The van der Waals surface area contributed by atoms with Crippen molar-refractivity contribution in [2.75, 3.05) is 7.05 Å². The molecule has 0 aliphatic heterocycles. The van der Waals surface area contributed by atoms with Crippen LogP contribution in [0.5, 0.6) is 5.75 Å². The number of carbonyl (C=O) groups excluding carboxylic acids is 1. The normalized spacial score (nSPS) is 10.8. The molecule has 2 rings (SSSR count). The van der Waals surface area contributed by atoms with E-state index in [-0.39, 0.29) is 11.7 Å². The van der Waals surface area contributed by atoms with Crippen molar-refractivity contribution in [3.63, 3.8) is 0 Å². The number of phenols is 1. The van der Waals surface area contributed by atoms with Crippen molar-refractivity contribution >= 4 is 12.0 Å². The number of hydrogen-bond acceptors (Lipinski definition) is 4. The molecule has 0 unspecified atom stereocenters. The largest absolute Gasteiger partial charge is 0.508 e. The fourth-order valence-corrected chi connectivity index (χ4v) is 1.49. The van der Waals surface area contributed by atoms with E-state index in [9.17, 15) is 4.79 Å². The molecule has 2 N–H and O–H groups in total. The molecule has 1 heterocycles. The quantitative estimate of drug-likeness (QED) is 0.807. The number of aromatic nitrogens is 3. The Labute approximate surface area is 110 Å². The van der Waals surface area contributed by atoms with Gasteiger partial charge in [0.25, 0.3) is 0 Å². The molecule has 0 aliphatic rings. The Hall–Kier alpha value is -2.63. The van der Waals surface area contributed by atoms with Crippen LogP contribution in [0.1, 0.15) is 11.4 Å². The van der Waals surface area contributed by atoms with Gasteiger partial charge in [-0.1, -0.05) is 12.1 Å². The number of likely N-dealkylation sites (N-methyl/N-ethyl adjacent to an activating group) is 1. The second-order valence-corrected chi connectivity index (χ2v) is 4.05. The first-order chi connectivity index (χ1) is 9.15. The van der Waals surface area contributed by atoms with Gasteiger partial charge < -0.3 is 10.0 Å². The summed E-state index contributed by atoms with van der Waals surface area (Å²) in [6.07, 6.45) is 4.57. The Balaban J connectivity index is 1.94. The molecule has 0 aliphatic carbocycles. The summed E-state index contributed by atoms with van der Waals surface area (Å²) >= 11 is 0. The van der Waals surface area contributed by atoms with Crippen molar-refractivity contribution in [2.24, 2.45) is 0 Å². The molecule has 0 spiro atoms. The van der Waals surface area contributed by atoms with E-state index in [0.29, 0.717) is 12.4 Å². The summed E-state index contributed by atoms with van der Waals surface area (Å²) in [5.74, 6) is 0.698. The maximum atomic E-state index is 11.8. The van der Waals surface area contributed by atoms with Crippen LogP contribution in [0.15, 0.2) is 36.7 Å². The van der Waals surface area contributed by atoms with Crippen LogP contribution in [-0.2, 0) is 11.3 Å². The molecule has 0 saturated carbocycles. The molecule has 1 amide bonds. The average molecular weight is 258 g/mol. The van der Waals surface area contributed by atoms with Crippen LogP contribution in [0.4, 0.5) is 0 Å². The number of rotatable bonds is 4. The summed E-state index contributed by atoms with van der Waals surface area (Å²) in [6, 6.07) is 6.61. The van der Waals surface area contributed by atoms with Crippen LogP contribution in [0, 0.1) is 0 Å². The van der Waals surface area contributed by atoms with Crippen molar-refractivity contribution in [1.29, 1.82) is 0 Å². The van der Waals surface area contributed by atoms with Gasteiger partial charge in [-0.15, -0.1) is 0 Å². The second-order valence-electron chi connectivity index (χ2n) is 4.05. The first-order valence-corrected chi connectivity index (χ1v) is 5.71. The van der Waals surface area contributed by atoms with Crippen molar-refractivity contribution < 1.29 is 9.90 Å². The number of carbonyl (C=O) groups is 1. The summed E-state index contributed by atoms with van der Waals surface area (Å²) in [5.41, 5.74) is 0.846. The highest BCUT2D eigenvalue weighted by atomic mass is 16.3. The van der Waals surface area contributed by atoms with Crippen LogP contribution in [0.2, 0.25) is 0 Å². The topological polar surface area (TPSA) is 82.1 Å². The molecule has 19 heavy (non-hydrogen) atoms. The Bertz CT molecular complexity index is 561. The maximum Gasteiger partial charge on any atom is 0.246 e. The van der Waals surface area contributed by atoms with Crippen LogP contribution < -0.4 is 0 Å². The zero-order valence-electron chi connectivity index (χ0n) is 10.4. The van der Waals surface area contributed by atoms with Gasteiger partial charge in [-0.25, -0.2) is 4.98 Å². The number of phenolic OH excluding ortho intramolecular Hbond substituents is 1. The van der Waals surface area contributed by atoms with E-state index in [1.165, 1.54) is 17.3 Å². The molecule has 0 bridgehead atoms. The van der Waals surface area contributed by atoms with Crippen LogP contribution in [0.3, 0.4) is 0 Å². The van der Waals surface area contributed by atoms with E-state index < -0.39 is 0 Å². The molecular weight excluding hydrogens is 244 g/mol. The highest BCUT2D eigenvalue weighted by Gasteiger charge is 2.07. The fraction of sp³-hybridized carbons (Fsp3) is 0.154. The van der Waals surface area contributed by atoms with Gasteiger partial charge in [-0.05, 0) is 23.8 Å². The third-order valence-electron chi connectivity index (χ3n) is 2.54. The molecule has 98 valence electrons. The summed E-state index contributed by atoms with van der Waals surface area (Å²) in [4.78, 5) is 17.3. The minimum Gasteiger partial charge on any atom is -0.508 e. The lowest BCUT2D eigenvalue weighted by molar-refractivity contribution is -0.125. The number of H-pyrrole nitrogens is 1. The molecule has 1 aromatic heterocycles. The van der Waals surface area contributed by atoms with Gasteiger partial charge in [0.1, 0.15) is 17.9 Å². The third-order valence-corrected chi connectivity index (χ3v) is 2.54. The standard InChI is InChI=1S/C13H14N4O2/c1-17(8-12-14-9-15-16-12)13(19)7-4-10-2-5-11(18)6-3-10/h2-7,9,18H,8H2,1H3,(H,14,15,16). The lowest BCUT2D eigenvalue weighted by Crippen LogP contribution is -2.24.